The Morgan fingerprint density at radius 1 is 1.38 bits per heavy atom. The van der Waals surface area contributed by atoms with Gasteiger partial charge in [-0.05, 0) is 42.7 Å². The number of aromatic nitrogens is 4. The third-order valence-corrected chi connectivity index (χ3v) is 6.01. The van der Waals surface area contributed by atoms with E-state index >= 15 is 0 Å². The number of piperazine rings is 1. The SMILES string of the molecule is CC(C)C(C)(O)C1CN(c2cc(CO)cc(-c3[nH]nc4ncccc34)n2)CCN1.[HH].[HH].[HH]. The smallest absolute Gasteiger partial charge is 0.181 e. The van der Waals surface area contributed by atoms with Crippen molar-refractivity contribution in [3.05, 3.63) is 36.0 Å². The minimum Gasteiger partial charge on any atom is -0.392 e. The molecule has 1 aliphatic heterocycles. The fourth-order valence-corrected chi connectivity index (χ4v) is 3.75. The average Bonchev–Trinajstić information content (AvgIpc) is 3.17. The van der Waals surface area contributed by atoms with Gasteiger partial charge < -0.3 is 20.4 Å². The summed E-state index contributed by atoms with van der Waals surface area (Å²) in [5.41, 5.74) is 2.08. The number of fused-ring (bicyclic) bond motifs is 1. The maximum atomic E-state index is 10.9. The number of pyridine rings is 2. The molecule has 4 N–H and O–H groups in total. The molecule has 8 heteroatoms. The summed E-state index contributed by atoms with van der Waals surface area (Å²) in [6.07, 6.45) is 1.71. The van der Waals surface area contributed by atoms with Gasteiger partial charge >= 0.3 is 0 Å². The highest BCUT2D eigenvalue weighted by Gasteiger charge is 2.38. The first-order valence-corrected chi connectivity index (χ1v) is 10.0. The number of anilines is 1. The summed E-state index contributed by atoms with van der Waals surface area (Å²) in [6.45, 7) is 8.03. The molecule has 4 heterocycles. The summed E-state index contributed by atoms with van der Waals surface area (Å²) in [5.74, 6) is 0.903. The van der Waals surface area contributed by atoms with E-state index in [9.17, 15) is 10.2 Å². The van der Waals surface area contributed by atoms with E-state index in [0.717, 1.165) is 35.6 Å². The van der Waals surface area contributed by atoms with Gasteiger partial charge in [-0.15, -0.1) is 0 Å². The van der Waals surface area contributed by atoms with Crippen LogP contribution in [0.2, 0.25) is 0 Å². The maximum Gasteiger partial charge on any atom is 0.181 e. The first-order valence-electron chi connectivity index (χ1n) is 10.0. The monoisotopic (exact) mass is 402 g/mol. The van der Waals surface area contributed by atoms with Crippen molar-refractivity contribution in [1.29, 1.82) is 0 Å². The zero-order valence-electron chi connectivity index (χ0n) is 17.1. The molecule has 160 valence electrons. The lowest BCUT2D eigenvalue weighted by Gasteiger charge is -2.43. The van der Waals surface area contributed by atoms with Gasteiger partial charge in [-0.25, -0.2) is 9.97 Å². The second kappa shape index (κ2) is 7.70. The van der Waals surface area contributed by atoms with E-state index in [0.29, 0.717) is 17.9 Å². The number of aliphatic hydroxyl groups is 2. The maximum absolute atomic E-state index is 10.9. The van der Waals surface area contributed by atoms with Crippen molar-refractivity contribution in [2.75, 3.05) is 24.5 Å². The molecule has 3 aromatic heterocycles. The minimum absolute atomic E-state index is 0. The van der Waals surface area contributed by atoms with E-state index in [1.807, 2.05) is 45.0 Å². The number of H-pyrrole nitrogens is 1. The first-order chi connectivity index (χ1) is 13.9. The number of rotatable bonds is 5. The predicted molar refractivity (Wildman–Crippen MR) is 119 cm³/mol. The van der Waals surface area contributed by atoms with E-state index in [1.165, 1.54) is 0 Å². The molecule has 0 aromatic carbocycles. The first kappa shape index (κ1) is 19.8. The van der Waals surface area contributed by atoms with Crippen LogP contribution in [0.3, 0.4) is 0 Å². The van der Waals surface area contributed by atoms with Crippen LogP contribution in [0.4, 0.5) is 5.82 Å². The van der Waals surface area contributed by atoms with E-state index in [1.54, 1.807) is 6.20 Å². The Balaban J connectivity index is 0.00000171. The molecular formula is C21H34N6O2. The molecule has 0 amide bonds. The van der Waals surface area contributed by atoms with Gasteiger partial charge in [-0.3, -0.25) is 5.10 Å². The normalized spacial score (nSPS) is 19.7. The van der Waals surface area contributed by atoms with Gasteiger partial charge in [0.1, 0.15) is 5.82 Å². The third-order valence-electron chi connectivity index (χ3n) is 6.01. The van der Waals surface area contributed by atoms with Gasteiger partial charge in [0.2, 0.25) is 0 Å². The highest BCUT2D eigenvalue weighted by atomic mass is 16.3. The van der Waals surface area contributed by atoms with E-state index < -0.39 is 5.60 Å². The minimum atomic E-state index is -0.832. The fraction of sp³-hybridized carbons (Fsp3) is 0.476. The summed E-state index contributed by atoms with van der Waals surface area (Å²) in [4.78, 5) is 11.3. The van der Waals surface area contributed by atoms with Gasteiger partial charge in [0, 0.05) is 35.5 Å². The number of hydrogen-bond acceptors (Lipinski definition) is 7. The van der Waals surface area contributed by atoms with Crippen LogP contribution in [0, 0.1) is 5.92 Å². The molecule has 0 bridgehead atoms. The predicted octanol–water partition coefficient (Wildman–Crippen LogP) is 2.44. The number of hydrogen-bond donors (Lipinski definition) is 4. The van der Waals surface area contributed by atoms with Crippen molar-refractivity contribution < 1.29 is 14.5 Å². The molecule has 1 aliphatic rings. The molecule has 1 fully saturated rings. The van der Waals surface area contributed by atoms with Gasteiger partial charge in [0.15, 0.2) is 5.65 Å². The van der Waals surface area contributed by atoms with E-state index in [4.69, 9.17) is 4.98 Å². The third kappa shape index (κ3) is 3.71. The zero-order chi connectivity index (χ0) is 20.6. The number of nitrogens with zero attached hydrogens (tertiary/aromatic N) is 4. The lowest BCUT2D eigenvalue weighted by molar-refractivity contribution is -0.0231. The Labute approximate surface area is 174 Å². The molecule has 0 spiro atoms. The van der Waals surface area contributed by atoms with Gasteiger partial charge in [0.25, 0.3) is 0 Å². The summed E-state index contributed by atoms with van der Waals surface area (Å²) < 4.78 is 0. The number of aliphatic hydroxyl groups excluding tert-OH is 1. The molecule has 2 atom stereocenters. The molecule has 8 nitrogen and oxygen atoms in total. The summed E-state index contributed by atoms with van der Waals surface area (Å²) in [5, 5.41) is 32.4. The largest absolute Gasteiger partial charge is 0.392 e. The lowest BCUT2D eigenvalue weighted by atomic mass is 9.84. The highest BCUT2D eigenvalue weighted by molar-refractivity contribution is 5.89. The zero-order valence-corrected chi connectivity index (χ0v) is 17.1. The Morgan fingerprint density at radius 2 is 2.21 bits per heavy atom. The van der Waals surface area contributed by atoms with Crippen LogP contribution in [0.25, 0.3) is 22.4 Å². The van der Waals surface area contributed by atoms with Crippen molar-refractivity contribution in [1.82, 2.24) is 25.5 Å². The molecule has 0 saturated carbocycles. The molecular weight excluding hydrogens is 368 g/mol. The Bertz CT molecular complexity index is 1010. The van der Waals surface area contributed by atoms with Crippen molar-refractivity contribution in [2.24, 2.45) is 5.92 Å². The molecule has 1 saturated heterocycles. The molecule has 29 heavy (non-hydrogen) atoms. The van der Waals surface area contributed by atoms with Crippen LogP contribution in [0.1, 0.15) is 30.6 Å². The molecule has 0 aliphatic carbocycles. The van der Waals surface area contributed by atoms with Crippen LogP contribution in [0.5, 0.6) is 0 Å². The Kier molecular flexibility index (Phi) is 5.24. The number of aromatic amines is 1. The van der Waals surface area contributed by atoms with Crippen molar-refractivity contribution in [3.8, 4) is 11.4 Å². The van der Waals surface area contributed by atoms with Crippen molar-refractivity contribution in [3.63, 3.8) is 0 Å². The quantitative estimate of drug-likeness (QED) is 0.519. The Morgan fingerprint density at radius 3 is 2.97 bits per heavy atom. The summed E-state index contributed by atoms with van der Waals surface area (Å²) in [6, 6.07) is 7.53. The molecule has 4 rings (SSSR count). The topological polar surface area (TPSA) is 110 Å². The molecule has 2 unspecified atom stereocenters. The van der Waals surface area contributed by atoms with Crippen molar-refractivity contribution >= 4 is 16.9 Å². The lowest BCUT2D eigenvalue weighted by Crippen LogP contribution is -2.62. The highest BCUT2D eigenvalue weighted by Crippen LogP contribution is 2.29. The van der Waals surface area contributed by atoms with Crippen LogP contribution in [-0.2, 0) is 6.61 Å². The number of nitrogens with one attached hydrogen (secondary N) is 2. The van der Waals surface area contributed by atoms with E-state index in [2.05, 4.69) is 25.4 Å². The van der Waals surface area contributed by atoms with Crippen LogP contribution in [-0.4, -0.2) is 61.7 Å². The summed E-state index contributed by atoms with van der Waals surface area (Å²) >= 11 is 0. The standard InChI is InChI=1S/C21H28N6O2.3H2/c1-13(2)21(3,29)17-11-27(8-7-22-17)18-10-14(12-28)9-16(24-18)19-15-5-4-6-23-20(15)26-25-19;;;/h4-6,9-10,13,17,22,28-29H,7-8,11-12H2,1-3H3,(H,23,25,26);3*1H. The second-order valence-electron chi connectivity index (χ2n) is 8.18. The van der Waals surface area contributed by atoms with E-state index in [-0.39, 0.29) is 22.8 Å². The van der Waals surface area contributed by atoms with Gasteiger partial charge in [-0.2, -0.15) is 5.10 Å². The fourth-order valence-electron chi connectivity index (χ4n) is 3.75. The van der Waals surface area contributed by atoms with Gasteiger partial charge in [-0.1, -0.05) is 13.8 Å². The molecule has 0 radical (unpaired) electrons. The van der Waals surface area contributed by atoms with Crippen molar-refractivity contribution in [2.45, 2.75) is 39.0 Å². The van der Waals surface area contributed by atoms with Gasteiger partial charge in [0.05, 0.1) is 29.6 Å². The summed E-state index contributed by atoms with van der Waals surface area (Å²) in [7, 11) is 0. The second-order valence-corrected chi connectivity index (χ2v) is 8.18. The van der Waals surface area contributed by atoms with Crippen LogP contribution < -0.4 is 10.2 Å². The van der Waals surface area contributed by atoms with Crippen LogP contribution >= 0.6 is 0 Å². The van der Waals surface area contributed by atoms with Crippen LogP contribution in [0.15, 0.2) is 30.5 Å². The molecule has 3 aromatic rings. The Hall–Kier alpha value is -2.55. The average molecular weight is 403 g/mol.